The number of nitrogens with one attached hydrogen (secondary N) is 1. The number of halogens is 2. The highest BCUT2D eigenvalue weighted by molar-refractivity contribution is 6.32. The van der Waals surface area contributed by atoms with Crippen LogP contribution < -0.4 is 4.74 Å². The molecule has 1 aromatic heterocycles. The number of fused-ring (bicyclic) bond motifs is 1. The number of rotatable bonds is 5. The zero-order valence-electron chi connectivity index (χ0n) is 18.8. The van der Waals surface area contributed by atoms with Crippen molar-refractivity contribution in [3.8, 4) is 28.5 Å². The van der Waals surface area contributed by atoms with Crippen molar-refractivity contribution in [3.05, 3.63) is 92.6 Å². The van der Waals surface area contributed by atoms with Crippen LogP contribution in [-0.2, 0) is 6.54 Å². The summed E-state index contributed by atoms with van der Waals surface area (Å²) < 4.78 is 5.32. The summed E-state index contributed by atoms with van der Waals surface area (Å²) >= 11 is 12.8. The first-order chi connectivity index (χ1) is 16.8. The van der Waals surface area contributed by atoms with E-state index in [4.69, 9.17) is 27.9 Å². The van der Waals surface area contributed by atoms with E-state index in [9.17, 15) is 15.0 Å². The second kappa shape index (κ2) is 8.83. The summed E-state index contributed by atoms with van der Waals surface area (Å²) in [4.78, 5) is 15.3. The van der Waals surface area contributed by atoms with Gasteiger partial charge in [0.05, 0.1) is 13.2 Å². The maximum atomic E-state index is 13.6. The summed E-state index contributed by atoms with van der Waals surface area (Å²) in [6.45, 7) is 2.02. The van der Waals surface area contributed by atoms with Crippen LogP contribution in [0.2, 0.25) is 10.0 Å². The van der Waals surface area contributed by atoms with Gasteiger partial charge in [-0.05, 0) is 53.9 Å². The number of ether oxygens (including phenoxy) is 1. The number of aryl methyl sites for hydroxylation is 1. The highest BCUT2D eigenvalue weighted by Gasteiger charge is 2.43. The summed E-state index contributed by atoms with van der Waals surface area (Å²) in [6.07, 6.45) is 0. The van der Waals surface area contributed by atoms with Crippen molar-refractivity contribution in [1.29, 1.82) is 0 Å². The molecular formula is C26H21Cl2N3O4. The number of hydrogen-bond acceptors (Lipinski definition) is 5. The molecular weight excluding hydrogens is 489 g/mol. The topological polar surface area (TPSA) is 98.7 Å². The summed E-state index contributed by atoms with van der Waals surface area (Å²) in [5.74, 6) is -0.0187. The van der Waals surface area contributed by atoms with Gasteiger partial charge in [0.1, 0.15) is 17.1 Å². The lowest BCUT2D eigenvalue weighted by atomic mass is 9.94. The van der Waals surface area contributed by atoms with E-state index in [0.717, 1.165) is 11.1 Å². The van der Waals surface area contributed by atoms with E-state index in [1.165, 1.54) is 13.2 Å². The highest BCUT2D eigenvalue weighted by Crippen LogP contribution is 2.47. The summed E-state index contributed by atoms with van der Waals surface area (Å²) in [7, 11) is 1.46. The van der Waals surface area contributed by atoms with Crippen molar-refractivity contribution in [2.75, 3.05) is 7.11 Å². The Morgan fingerprint density at radius 1 is 1.06 bits per heavy atom. The molecule has 1 atom stereocenters. The number of H-pyrrole nitrogens is 1. The van der Waals surface area contributed by atoms with E-state index in [1.807, 2.05) is 18.2 Å². The lowest BCUT2D eigenvalue weighted by molar-refractivity contribution is 0.0730. The number of phenols is 2. The van der Waals surface area contributed by atoms with Crippen molar-refractivity contribution in [3.63, 3.8) is 0 Å². The second-order valence-electron chi connectivity index (χ2n) is 8.34. The maximum absolute atomic E-state index is 13.6. The van der Waals surface area contributed by atoms with Crippen LogP contribution in [0, 0.1) is 6.92 Å². The van der Waals surface area contributed by atoms with Gasteiger partial charge in [-0.3, -0.25) is 9.89 Å². The molecule has 2 heterocycles. The minimum absolute atomic E-state index is 0.000222. The quantitative estimate of drug-likeness (QED) is 0.313. The van der Waals surface area contributed by atoms with Gasteiger partial charge in [0.25, 0.3) is 5.91 Å². The molecule has 4 aromatic rings. The lowest BCUT2D eigenvalue weighted by Crippen LogP contribution is -2.29. The molecule has 0 unspecified atom stereocenters. The van der Waals surface area contributed by atoms with Gasteiger partial charge in [-0.1, -0.05) is 47.5 Å². The van der Waals surface area contributed by atoms with Gasteiger partial charge in [0.15, 0.2) is 11.5 Å². The molecule has 0 fully saturated rings. The Morgan fingerprint density at radius 3 is 2.57 bits per heavy atom. The molecule has 1 aliphatic heterocycles. The Labute approximate surface area is 211 Å². The SMILES string of the molecule is COc1cc([C@H]2c3c(-c4cc(Cl)c(C)cc4O)n[nH]c3C(=O)N2Cc2ccccc2Cl)ccc1O. The van der Waals surface area contributed by atoms with Crippen LogP contribution in [0.4, 0.5) is 0 Å². The van der Waals surface area contributed by atoms with Crippen molar-refractivity contribution in [2.24, 2.45) is 0 Å². The molecule has 178 valence electrons. The van der Waals surface area contributed by atoms with Crippen LogP contribution in [-0.4, -0.2) is 38.3 Å². The number of methoxy groups -OCH3 is 1. The number of aromatic hydroxyl groups is 2. The molecule has 3 N–H and O–H groups in total. The smallest absolute Gasteiger partial charge is 0.273 e. The van der Waals surface area contributed by atoms with Crippen molar-refractivity contribution >= 4 is 29.1 Å². The number of phenolic OH excluding ortho intramolecular Hbond substituents is 2. The normalized spacial score (nSPS) is 14.9. The van der Waals surface area contributed by atoms with Gasteiger partial charge in [0, 0.05) is 27.7 Å². The first-order valence-electron chi connectivity index (χ1n) is 10.8. The van der Waals surface area contributed by atoms with Crippen LogP contribution >= 0.6 is 23.2 Å². The molecule has 0 aliphatic carbocycles. The molecule has 0 bridgehead atoms. The minimum Gasteiger partial charge on any atom is -0.507 e. The zero-order valence-corrected chi connectivity index (χ0v) is 20.4. The number of benzene rings is 3. The van der Waals surface area contributed by atoms with Gasteiger partial charge >= 0.3 is 0 Å². The van der Waals surface area contributed by atoms with E-state index in [2.05, 4.69) is 10.2 Å². The van der Waals surface area contributed by atoms with Crippen LogP contribution in [0.5, 0.6) is 17.2 Å². The van der Waals surface area contributed by atoms with E-state index >= 15 is 0 Å². The largest absolute Gasteiger partial charge is 0.507 e. The monoisotopic (exact) mass is 509 g/mol. The Kier molecular flexibility index (Phi) is 5.83. The molecule has 0 saturated carbocycles. The summed E-state index contributed by atoms with van der Waals surface area (Å²) in [5.41, 5.74) is 3.90. The van der Waals surface area contributed by atoms with E-state index in [0.29, 0.717) is 38.1 Å². The number of nitrogens with zero attached hydrogens (tertiary/aromatic N) is 2. The lowest BCUT2D eigenvalue weighted by Gasteiger charge is -2.27. The van der Waals surface area contributed by atoms with Crippen LogP contribution in [0.15, 0.2) is 54.6 Å². The molecule has 5 rings (SSSR count). The van der Waals surface area contributed by atoms with Crippen molar-refractivity contribution < 1.29 is 19.7 Å². The number of amides is 1. The average molecular weight is 510 g/mol. The predicted molar refractivity (Wildman–Crippen MR) is 133 cm³/mol. The Hall–Kier alpha value is -3.68. The number of aromatic amines is 1. The van der Waals surface area contributed by atoms with Crippen molar-refractivity contribution in [2.45, 2.75) is 19.5 Å². The summed E-state index contributed by atoms with van der Waals surface area (Å²) in [5, 5.41) is 29.1. The first kappa shape index (κ1) is 23.1. The average Bonchev–Trinajstić information content (AvgIpc) is 3.37. The molecule has 35 heavy (non-hydrogen) atoms. The molecule has 0 spiro atoms. The number of carbonyl (C=O) groups excluding carboxylic acids is 1. The minimum atomic E-state index is -0.600. The van der Waals surface area contributed by atoms with Gasteiger partial charge in [-0.2, -0.15) is 5.10 Å². The molecule has 0 radical (unpaired) electrons. The fourth-order valence-electron chi connectivity index (χ4n) is 4.44. The van der Waals surface area contributed by atoms with Gasteiger partial charge in [-0.25, -0.2) is 0 Å². The number of hydrogen-bond donors (Lipinski definition) is 3. The molecule has 9 heteroatoms. The van der Waals surface area contributed by atoms with Crippen LogP contribution in [0.25, 0.3) is 11.3 Å². The van der Waals surface area contributed by atoms with E-state index in [-0.39, 0.29) is 29.7 Å². The third-order valence-electron chi connectivity index (χ3n) is 6.21. The Balaban J connectivity index is 1.71. The van der Waals surface area contributed by atoms with Crippen LogP contribution in [0.1, 0.15) is 38.8 Å². The zero-order chi connectivity index (χ0) is 24.9. The Bertz CT molecular complexity index is 1470. The standard InChI is InChI=1S/C26H21Cl2N3O4/c1-13-9-20(33)16(11-18(13)28)23-22-24(30-29-23)26(34)31(12-15-5-3-4-6-17(15)27)25(22)14-7-8-19(32)21(10-14)35-2/h3-11,25,32-33H,12H2,1-2H3,(H,29,30)/t25-/m0/s1. The number of aromatic nitrogens is 2. The Morgan fingerprint density at radius 2 is 1.83 bits per heavy atom. The third-order valence-corrected chi connectivity index (χ3v) is 6.99. The maximum Gasteiger partial charge on any atom is 0.273 e. The molecule has 3 aromatic carbocycles. The predicted octanol–water partition coefficient (Wildman–Crippen LogP) is 5.86. The van der Waals surface area contributed by atoms with Crippen LogP contribution in [0.3, 0.4) is 0 Å². The fourth-order valence-corrected chi connectivity index (χ4v) is 4.80. The molecule has 1 aliphatic rings. The molecule has 7 nitrogen and oxygen atoms in total. The van der Waals surface area contributed by atoms with E-state index in [1.54, 1.807) is 42.2 Å². The highest BCUT2D eigenvalue weighted by atomic mass is 35.5. The van der Waals surface area contributed by atoms with E-state index < -0.39 is 6.04 Å². The van der Waals surface area contributed by atoms with Gasteiger partial charge in [-0.15, -0.1) is 0 Å². The second-order valence-corrected chi connectivity index (χ2v) is 9.15. The first-order valence-corrected chi connectivity index (χ1v) is 11.5. The summed E-state index contributed by atoms with van der Waals surface area (Å²) in [6, 6.07) is 14.8. The molecule has 0 saturated heterocycles. The third kappa shape index (κ3) is 3.87. The van der Waals surface area contributed by atoms with Crippen molar-refractivity contribution in [1.82, 2.24) is 15.1 Å². The van der Waals surface area contributed by atoms with Gasteiger partial charge < -0.3 is 19.8 Å². The molecule has 1 amide bonds. The van der Waals surface area contributed by atoms with Gasteiger partial charge in [0.2, 0.25) is 0 Å². The number of carbonyl (C=O) groups is 1. The fraction of sp³-hybridized carbons (Fsp3) is 0.154.